The smallest absolute Gasteiger partial charge is 0.411 e. The SMILES string of the molecule is COc1cccc(C#N)c1NC(=O)COCC(F)(F)F. The number of carbonyl (C=O) groups is 1. The lowest BCUT2D eigenvalue weighted by molar-refractivity contribution is -0.174. The molecule has 0 aliphatic carbocycles. The third-order valence-electron chi connectivity index (χ3n) is 2.13. The monoisotopic (exact) mass is 288 g/mol. The Kier molecular flexibility index (Phi) is 5.34. The van der Waals surface area contributed by atoms with Crippen molar-refractivity contribution in [1.82, 2.24) is 0 Å². The van der Waals surface area contributed by atoms with E-state index in [2.05, 4.69) is 10.1 Å². The maximum atomic E-state index is 11.9. The molecule has 0 heterocycles. The number of ether oxygens (including phenoxy) is 2. The number of nitriles is 1. The van der Waals surface area contributed by atoms with Gasteiger partial charge >= 0.3 is 6.18 Å². The van der Waals surface area contributed by atoms with E-state index >= 15 is 0 Å². The third-order valence-corrected chi connectivity index (χ3v) is 2.13. The standard InChI is InChI=1S/C12H11F3N2O3/c1-19-9-4-2-3-8(5-16)11(9)17-10(18)6-20-7-12(13,14)15/h2-4H,6-7H2,1H3,(H,17,18). The summed E-state index contributed by atoms with van der Waals surface area (Å²) in [6.07, 6.45) is -4.50. The van der Waals surface area contributed by atoms with Crippen LogP contribution in [0.15, 0.2) is 18.2 Å². The molecule has 1 aromatic carbocycles. The minimum Gasteiger partial charge on any atom is -0.495 e. The molecule has 0 bridgehead atoms. The zero-order chi connectivity index (χ0) is 15.2. The van der Waals surface area contributed by atoms with E-state index in [0.717, 1.165) is 0 Å². The molecule has 0 spiro atoms. The zero-order valence-electron chi connectivity index (χ0n) is 10.5. The molecule has 8 heteroatoms. The maximum absolute atomic E-state index is 11.9. The number of alkyl halides is 3. The van der Waals surface area contributed by atoms with Gasteiger partial charge in [0.25, 0.3) is 5.91 Å². The van der Waals surface area contributed by atoms with Gasteiger partial charge in [0.2, 0.25) is 0 Å². The Balaban J connectivity index is 2.69. The molecule has 0 aliphatic rings. The number of para-hydroxylation sites is 1. The molecule has 1 amide bonds. The van der Waals surface area contributed by atoms with E-state index in [-0.39, 0.29) is 17.0 Å². The summed E-state index contributed by atoms with van der Waals surface area (Å²) in [5.41, 5.74) is 0.228. The molecule has 0 unspecified atom stereocenters. The van der Waals surface area contributed by atoms with Crippen LogP contribution in [0.4, 0.5) is 18.9 Å². The molecule has 0 atom stereocenters. The number of benzene rings is 1. The van der Waals surface area contributed by atoms with Crippen LogP contribution in [0, 0.1) is 11.3 Å². The van der Waals surface area contributed by atoms with Crippen LogP contribution in [0.3, 0.4) is 0 Å². The van der Waals surface area contributed by atoms with Crippen LogP contribution in [0.2, 0.25) is 0 Å². The Morgan fingerprint density at radius 2 is 2.15 bits per heavy atom. The normalized spacial score (nSPS) is 10.8. The van der Waals surface area contributed by atoms with Crippen LogP contribution in [-0.2, 0) is 9.53 Å². The first-order valence-electron chi connectivity index (χ1n) is 5.39. The lowest BCUT2D eigenvalue weighted by atomic mass is 10.2. The summed E-state index contributed by atoms with van der Waals surface area (Å²) < 4.78 is 44.7. The molecule has 20 heavy (non-hydrogen) atoms. The number of halogens is 3. The summed E-state index contributed by atoms with van der Waals surface area (Å²) >= 11 is 0. The van der Waals surface area contributed by atoms with Crippen molar-refractivity contribution < 1.29 is 27.4 Å². The minimum absolute atomic E-state index is 0.0955. The first-order chi connectivity index (χ1) is 9.37. The van der Waals surface area contributed by atoms with Gasteiger partial charge in [-0.25, -0.2) is 0 Å². The second-order valence-electron chi connectivity index (χ2n) is 3.65. The van der Waals surface area contributed by atoms with Gasteiger partial charge in [0.15, 0.2) is 0 Å². The number of nitrogens with zero attached hydrogens (tertiary/aromatic N) is 1. The van der Waals surface area contributed by atoms with Crippen LogP contribution in [0.25, 0.3) is 0 Å². The number of carbonyl (C=O) groups excluding carboxylic acids is 1. The van der Waals surface area contributed by atoms with Crippen molar-refractivity contribution in [3.8, 4) is 11.8 Å². The molecular weight excluding hydrogens is 277 g/mol. The van der Waals surface area contributed by atoms with Crippen LogP contribution < -0.4 is 10.1 Å². The van der Waals surface area contributed by atoms with Crippen molar-refractivity contribution in [2.45, 2.75) is 6.18 Å². The fourth-order valence-electron chi connectivity index (χ4n) is 1.36. The average molecular weight is 288 g/mol. The number of nitrogens with one attached hydrogen (secondary N) is 1. The lowest BCUT2D eigenvalue weighted by Crippen LogP contribution is -2.24. The van der Waals surface area contributed by atoms with Crippen molar-refractivity contribution in [2.24, 2.45) is 0 Å². The number of hydrogen-bond acceptors (Lipinski definition) is 4. The van der Waals surface area contributed by atoms with Gasteiger partial charge < -0.3 is 14.8 Å². The minimum atomic E-state index is -4.50. The van der Waals surface area contributed by atoms with Crippen molar-refractivity contribution >= 4 is 11.6 Å². The summed E-state index contributed by atoms with van der Waals surface area (Å²) in [6.45, 7) is -2.29. The summed E-state index contributed by atoms with van der Waals surface area (Å²) in [5, 5.41) is 11.2. The topological polar surface area (TPSA) is 71.3 Å². The first kappa shape index (κ1) is 15.8. The van der Waals surface area contributed by atoms with E-state index in [1.165, 1.54) is 19.2 Å². The van der Waals surface area contributed by atoms with Crippen molar-refractivity contribution in [3.05, 3.63) is 23.8 Å². The predicted molar refractivity (Wildman–Crippen MR) is 63.2 cm³/mol. The van der Waals surface area contributed by atoms with E-state index in [9.17, 15) is 18.0 Å². The summed E-state index contributed by atoms with van der Waals surface area (Å²) in [5.74, 6) is -0.580. The van der Waals surface area contributed by atoms with Crippen LogP contribution in [0.5, 0.6) is 5.75 Å². The molecule has 1 rings (SSSR count). The van der Waals surface area contributed by atoms with Crippen LogP contribution in [-0.4, -0.2) is 32.4 Å². The Bertz CT molecular complexity index is 524. The summed E-state index contributed by atoms with van der Waals surface area (Å²) in [4.78, 5) is 11.5. The van der Waals surface area contributed by atoms with Gasteiger partial charge in [-0.15, -0.1) is 0 Å². The van der Waals surface area contributed by atoms with Crippen LogP contribution in [0.1, 0.15) is 5.56 Å². The zero-order valence-corrected chi connectivity index (χ0v) is 10.5. The van der Waals surface area contributed by atoms with Gasteiger partial charge in [0.05, 0.1) is 12.7 Å². The second-order valence-corrected chi connectivity index (χ2v) is 3.65. The number of hydrogen-bond donors (Lipinski definition) is 1. The van der Waals surface area contributed by atoms with Gasteiger partial charge in [-0.3, -0.25) is 4.79 Å². The molecule has 108 valence electrons. The molecule has 1 N–H and O–H groups in total. The first-order valence-corrected chi connectivity index (χ1v) is 5.39. The Morgan fingerprint density at radius 1 is 1.45 bits per heavy atom. The van der Waals surface area contributed by atoms with Crippen molar-refractivity contribution in [1.29, 1.82) is 5.26 Å². The Labute approximate surface area is 112 Å². The van der Waals surface area contributed by atoms with Crippen molar-refractivity contribution in [2.75, 3.05) is 25.6 Å². The highest BCUT2D eigenvalue weighted by Gasteiger charge is 2.27. The summed E-state index contributed by atoms with van der Waals surface area (Å²) in [6, 6.07) is 6.34. The maximum Gasteiger partial charge on any atom is 0.411 e. The highest BCUT2D eigenvalue weighted by molar-refractivity contribution is 5.94. The fraction of sp³-hybridized carbons (Fsp3) is 0.333. The third kappa shape index (κ3) is 4.78. The highest BCUT2D eigenvalue weighted by Crippen LogP contribution is 2.27. The Hall–Kier alpha value is -2.27. The van der Waals surface area contributed by atoms with Gasteiger partial charge in [-0.05, 0) is 12.1 Å². The number of rotatable bonds is 5. The largest absolute Gasteiger partial charge is 0.495 e. The summed E-state index contributed by atoms with van der Waals surface area (Å²) in [7, 11) is 1.34. The van der Waals surface area contributed by atoms with Gasteiger partial charge in [0, 0.05) is 0 Å². The molecular formula is C12H11F3N2O3. The van der Waals surface area contributed by atoms with Gasteiger partial charge in [-0.1, -0.05) is 6.07 Å². The van der Waals surface area contributed by atoms with E-state index in [1.807, 2.05) is 6.07 Å². The van der Waals surface area contributed by atoms with Gasteiger partial charge in [-0.2, -0.15) is 18.4 Å². The van der Waals surface area contributed by atoms with E-state index in [4.69, 9.17) is 10.00 Å². The lowest BCUT2D eigenvalue weighted by Gasteiger charge is -2.12. The van der Waals surface area contributed by atoms with Crippen molar-refractivity contribution in [3.63, 3.8) is 0 Å². The Morgan fingerprint density at radius 3 is 2.70 bits per heavy atom. The number of amides is 1. The van der Waals surface area contributed by atoms with Gasteiger partial charge in [0.1, 0.15) is 30.7 Å². The molecule has 5 nitrogen and oxygen atoms in total. The van der Waals surface area contributed by atoms with E-state index in [0.29, 0.717) is 0 Å². The molecule has 1 aromatic rings. The molecule has 0 saturated heterocycles. The van der Waals surface area contributed by atoms with E-state index in [1.54, 1.807) is 6.07 Å². The highest BCUT2D eigenvalue weighted by atomic mass is 19.4. The average Bonchev–Trinajstić information content (AvgIpc) is 2.37. The van der Waals surface area contributed by atoms with Crippen LogP contribution >= 0.6 is 0 Å². The second kappa shape index (κ2) is 6.77. The number of methoxy groups -OCH3 is 1. The molecule has 0 radical (unpaired) electrons. The molecule has 0 aliphatic heterocycles. The quantitative estimate of drug-likeness (QED) is 0.900. The predicted octanol–water partition coefficient (Wildman–Crippen LogP) is 2.08. The fourth-order valence-corrected chi connectivity index (χ4v) is 1.36. The molecule has 0 aromatic heterocycles. The number of anilines is 1. The van der Waals surface area contributed by atoms with E-state index < -0.39 is 25.3 Å². The molecule has 0 saturated carbocycles. The molecule has 0 fully saturated rings.